The van der Waals surface area contributed by atoms with Crippen molar-refractivity contribution in [3.8, 4) is 5.82 Å². The molecule has 2 N–H and O–H groups in total. The van der Waals surface area contributed by atoms with Gasteiger partial charge >= 0.3 is 0 Å². The molecule has 0 atom stereocenters. The van der Waals surface area contributed by atoms with E-state index in [2.05, 4.69) is 25.4 Å². The van der Waals surface area contributed by atoms with E-state index in [0.29, 0.717) is 11.5 Å². The van der Waals surface area contributed by atoms with Crippen LogP contribution in [0, 0.1) is 13.8 Å². The number of nitrogens with two attached hydrogens (primary N) is 1. The number of pyridine rings is 1. The first-order valence-corrected chi connectivity index (χ1v) is 8.86. The standard InChI is InChI=1S/C18H22N8O/c1-11-8-12(2)26(23-11)15-7-6-14(9-20-15)17(19)24-27-10-16-21-22-18(25(16)3)13-4-5-13/h6-9,13H,4-5,10H2,1-3H3,(H2,19,24). The largest absolute Gasteiger partial charge is 0.386 e. The number of hydrogen-bond acceptors (Lipinski definition) is 6. The van der Waals surface area contributed by atoms with E-state index >= 15 is 0 Å². The topological polar surface area (TPSA) is 109 Å². The number of oxime groups is 1. The van der Waals surface area contributed by atoms with Crippen molar-refractivity contribution in [1.82, 2.24) is 29.5 Å². The van der Waals surface area contributed by atoms with Crippen molar-refractivity contribution in [2.45, 2.75) is 39.2 Å². The van der Waals surface area contributed by atoms with Crippen molar-refractivity contribution in [2.75, 3.05) is 0 Å². The normalized spacial score (nSPS) is 14.6. The van der Waals surface area contributed by atoms with E-state index in [1.165, 1.54) is 12.8 Å². The van der Waals surface area contributed by atoms with Crippen LogP contribution in [0.25, 0.3) is 5.82 Å². The zero-order valence-electron chi connectivity index (χ0n) is 15.6. The van der Waals surface area contributed by atoms with E-state index in [-0.39, 0.29) is 12.4 Å². The van der Waals surface area contributed by atoms with Crippen LogP contribution in [0.4, 0.5) is 0 Å². The zero-order chi connectivity index (χ0) is 19.0. The lowest BCUT2D eigenvalue weighted by atomic mass is 10.2. The molecule has 3 heterocycles. The molecule has 0 bridgehead atoms. The highest BCUT2D eigenvalue weighted by atomic mass is 16.6. The first-order valence-electron chi connectivity index (χ1n) is 8.86. The Bertz CT molecular complexity index is 981. The van der Waals surface area contributed by atoms with Gasteiger partial charge in [-0.05, 0) is 44.9 Å². The van der Waals surface area contributed by atoms with Crippen molar-refractivity contribution in [1.29, 1.82) is 0 Å². The molecule has 9 heteroatoms. The van der Waals surface area contributed by atoms with E-state index in [9.17, 15) is 0 Å². The summed E-state index contributed by atoms with van der Waals surface area (Å²) in [5, 5.41) is 16.8. The number of nitrogens with zero attached hydrogens (tertiary/aromatic N) is 7. The molecule has 3 aromatic heterocycles. The highest BCUT2D eigenvalue weighted by Gasteiger charge is 2.29. The molecule has 0 saturated heterocycles. The van der Waals surface area contributed by atoms with Crippen LogP contribution < -0.4 is 5.73 Å². The van der Waals surface area contributed by atoms with Gasteiger partial charge in [-0.25, -0.2) is 9.67 Å². The number of rotatable bonds is 6. The molecule has 3 aromatic rings. The summed E-state index contributed by atoms with van der Waals surface area (Å²) in [6.07, 6.45) is 4.01. The maximum atomic E-state index is 6.00. The van der Waals surface area contributed by atoms with Crippen molar-refractivity contribution < 1.29 is 4.84 Å². The Morgan fingerprint density at radius 2 is 2.11 bits per heavy atom. The molecule has 0 aliphatic heterocycles. The molecule has 9 nitrogen and oxygen atoms in total. The minimum Gasteiger partial charge on any atom is -0.386 e. The SMILES string of the molecule is Cc1cc(C)n(-c2ccc(C(N)=NOCc3nnc(C4CC4)n3C)cn2)n1. The molecule has 1 fully saturated rings. The van der Waals surface area contributed by atoms with Gasteiger partial charge in [0.05, 0.1) is 5.69 Å². The molecule has 1 saturated carbocycles. The van der Waals surface area contributed by atoms with E-state index in [1.807, 2.05) is 43.7 Å². The van der Waals surface area contributed by atoms with Crippen LogP contribution in [-0.2, 0) is 18.5 Å². The van der Waals surface area contributed by atoms with Crippen LogP contribution in [0.1, 0.15) is 47.4 Å². The quantitative estimate of drug-likeness (QED) is 0.404. The summed E-state index contributed by atoms with van der Waals surface area (Å²) in [6, 6.07) is 5.69. The summed E-state index contributed by atoms with van der Waals surface area (Å²) in [5.41, 5.74) is 8.65. The number of hydrogen-bond donors (Lipinski definition) is 1. The van der Waals surface area contributed by atoms with Gasteiger partial charge in [-0.15, -0.1) is 10.2 Å². The van der Waals surface area contributed by atoms with Gasteiger partial charge in [-0.3, -0.25) is 0 Å². The van der Waals surface area contributed by atoms with Crippen molar-refractivity contribution >= 4 is 5.84 Å². The van der Waals surface area contributed by atoms with Gasteiger partial charge in [0.25, 0.3) is 0 Å². The van der Waals surface area contributed by atoms with E-state index in [4.69, 9.17) is 10.6 Å². The lowest BCUT2D eigenvalue weighted by molar-refractivity contribution is 0.122. The third-order valence-corrected chi connectivity index (χ3v) is 4.57. The maximum absolute atomic E-state index is 6.00. The average Bonchev–Trinajstić information content (AvgIpc) is 3.35. The van der Waals surface area contributed by atoms with E-state index in [0.717, 1.165) is 28.9 Å². The molecule has 4 rings (SSSR count). The van der Waals surface area contributed by atoms with Crippen LogP contribution in [-0.4, -0.2) is 35.4 Å². The molecule has 140 valence electrons. The number of aromatic nitrogens is 6. The molecule has 0 aromatic carbocycles. The molecule has 27 heavy (non-hydrogen) atoms. The molecule has 0 radical (unpaired) electrons. The first kappa shape index (κ1) is 17.2. The van der Waals surface area contributed by atoms with Gasteiger partial charge in [0.2, 0.25) is 0 Å². The van der Waals surface area contributed by atoms with Gasteiger partial charge in [0, 0.05) is 30.4 Å². The van der Waals surface area contributed by atoms with Gasteiger partial charge in [-0.2, -0.15) is 5.10 Å². The van der Waals surface area contributed by atoms with E-state index in [1.54, 1.807) is 10.9 Å². The second-order valence-electron chi connectivity index (χ2n) is 6.80. The average molecular weight is 366 g/mol. The highest BCUT2D eigenvalue weighted by molar-refractivity contribution is 5.96. The smallest absolute Gasteiger partial charge is 0.176 e. The van der Waals surface area contributed by atoms with Crippen LogP contribution >= 0.6 is 0 Å². The molecule has 0 spiro atoms. The monoisotopic (exact) mass is 366 g/mol. The maximum Gasteiger partial charge on any atom is 0.176 e. The first-order chi connectivity index (χ1) is 13.0. The summed E-state index contributed by atoms with van der Waals surface area (Å²) in [5.74, 6) is 3.26. The van der Waals surface area contributed by atoms with Crippen molar-refractivity contribution in [3.63, 3.8) is 0 Å². The van der Waals surface area contributed by atoms with Crippen LogP contribution in [0.5, 0.6) is 0 Å². The summed E-state index contributed by atoms with van der Waals surface area (Å²) >= 11 is 0. The van der Waals surface area contributed by atoms with Gasteiger partial charge < -0.3 is 15.1 Å². The van der Waals surface area contributed by atoms with Gasteiger partial charge in [-0.1, -0.05) is 5.16 Å². The van der Waals surface area contributed by atoms with E-state index < -0.39 is 0 Å². The van der Waals surface area contributed by atoms with Gasteiger partial charge in [0.1, 0.15) is 5.82 Å². The van der Waals surface area contributed by atoms with Crippen molar-refractivity contribution in [2.24, 2.45) is 17.9 Å². The minimum atomic E-state index is 0.216. The predicted molar refractivity (Wildman–Crippen MR) is 99.3 cm³/mol. The van der Waals surface area contributed by atoms with Crippen LogP contribution in [0.15, 0.2) is 29.6 Å². The summed E-state index contributed by atoms with van der Waals surface area (Å²) in [6.45, 7) is 4.15. The van der Waals surface area contributed by atoms with Crippen molar-refractivity contribution in [3.05, 3.63) is 53.0 Å². The molecular formula is C18H22N8O. The Morgan fingerprint density at radius 3 is 2.74 bits per heavy atom. The lowest BCUT2D eigenvalue weighted by Crippen LogP contribution is -2.15. The fourth-order valence-corrected chi connectivity index (χ4v) is 2.93. The molecule has 1 aliphatic rings. The van der Waals surface area contributed by atoms with Crippen LogP contribution in [0.3, 0.4) is 0 Å². The summed E-state index contributed by atoms with van der Waals surface area (Å²) < 4.78 is 3.75. The second kappa shape index (κ2) is 6.82. The number of aryl methyl sites for hydroxylation is 2. The third kappa shape index (κ3) is 3.53. The van der Waals surface area contributed by atoms with Crippen LogP contribution in [0.2, 0.25) is 0 Å². The Hall–Kier alpha value is -3.23. The minimum absolute atomic E-state index is 0.216. The fraction of sp³-hybridized carbons (Fsp3) is 0.389. The summed E-state index contributed by atoms with van der Waals surface area (Å²) in [4.78, 5) is 9.77. The second-order valence-corrected chi connectivity index (χ2v) is 6.80. The molecule has 0 unspecified atom stereocenters. The van der Waals surface area contributed by atoms with Gasteiger partial charge in [0.15, 0.2) is 24.1 Å². The zero-order valence-corrected chi connectivity index (χ0v) is 15.6. The third-order valence-electron chi connectivity index (χ3n) is 4.57. The Balaban J connectivity index is 1.41. The Morgan fingerprint density at radius 1 is 1.30 bits per heavy atom. The highest BCUT2D eigenvalue weighted by Crippen LogP contribution is 2.38. The molecule has 0 amide bonds. The Labute approximate surface area is 156 Å². The lowest BCUT2D eigenvalue weighted by Gasteiger charge is -2.05. The Kier molecular flexibility index (Phi) is 4.35. The molecular weight excluding hydrogens is 344 g/mol. The fourth-order valence-electron chi connectivity index (χ4n) is 2.93. The predicted octanol–water partition coefficient (Wildman–Crippen LogP) is 1.73. The molecule has 1 aliphatic carbocycles. The summed E-state index contributed by atoms with van der Waals surface area (Å²) in [7, 11) is 1.95. The number of amidine groups is 1.